The third-order valence-electron chi connectivity index (χ3n) is 2.94. The molecule has 0 fully saturated rings. The lowest BCUT2D eigenvalue weighted by Crippen LogP contribution is -2.20. The van der Waals surface area contributed by atoms with Crippen LogP contribution in [-0.4, -0.2) is 24.6 Å². The van der Waals surface area contributed by atoms with Gasteiger partial charge in [0.25, 0.3) is 5.91 Å². The van der Waals surface area contributed by atoms with E-state index in [0.717, 1.165) is 6.29 Å². The highest BCUT2D eigenvalue weighted by molar-refractivity contribution is 5.97. The molecule has 0 bridgehead atoms. The molecule has 0 atom stereocenters. The summed E-state index contributed by atoms with van der Waals surface area (Å²) in [5.74, 6) is 0.0982. The van der Waals surface area contributed by atoms with E-state index in [-0.39, 0.29) is 18.3 Å². The molecule has 0 unspecified atom stereocenters. The van der Waals surface area contributed by atoms with Crippen molar-refractivity contribution in [2.45, 2.75) is 6.92 Å². The van der Waals surface area contributed by atoms with Crippen LogP contribution in [0.15, 0.2) is 48.5 Å². The first-order valence-corrected chi connectivity index (χ1v) is 6.67. The van der Waals surface area contributed by atoms with Crippen molar-refractivity contribution in [2.75, 3.05) is 11.9 Å². The minimum Gasteiger partial charge on any atom is -0.484 e. The average Bonchev–Trinajstić information content (AvgIpc) is 2.53. The zero-order valence-electron chi connectivity index (χ0n) is 12.0. The Morgan fingerprint density at radius 3 is 2.50 bits per heavy atom. The predicted molar refractivity (Wildman–Crippen MR) is 82.4 cm³/mol. The number of ketones is 1. The van der Waals surface area contributed by atoms with Gasteiger partial charge < -0.3 is 10.1 Å². The van der Waals surface area contributed by atoms with Gasteiger partial charge in [-0.05, 0) is 43.3 Å². The van der Waals surface area contributed by atoms with E-state index in [4.69, 9.17) is 4.74 Å². The zero-order valence-corrected chi connectivity index (χ0v) is 12.0. The molecule has 0 aliphatic carbocycles. The van der Waals surface area contributed by atoms with Crippen LogP contribution >= 0.6 is 0 Å². The Labute approximate surface area is 127 Å². The Morgan fingerprint density at radius 2 is 1.86 bits per heavy atom. The molecule has 2 aromatic rings. The van der Waals surface area contributed by atoms with Crippen molar-refractivity contribution in [3.63, 3.8) is 0 Å². The quantitative estimate of drug-likeness (QED) is 0.657. The first-order valence-electron chi connectivity index (χ1n) is 6.67. The predicted octanol–water partition coefficient (Wildman–Crippen LogP) is 2.72. The summed E-state index contributed by atoms with van der Waals surface area (Å²) in [7, 11) is 0. The molecule has 0 heterocycles. The molecule has 5 heteroatoms. The second kappa shape index (κ2) is 7.17. The van der Waals surface area contributed by atoms with Crippen LogP contribution < -0.4 is 10.1 Å². The van der Waals surface area contributed by atoms with Crippen LogP contribution in [0.25, 0.3) is 0 Å². The first kappa shape index (κ1) is 15.4. The molecule has 0 radical (unpaired) electrons. The lowest BCUT2D eigenvalue weighted by molar-refractivity contribution is -0.118. The molecule has 5 nitrogen and oxygen atoms in total. The molecule has 1 amide bonds. The van der Waals surface area contributed by atoms with Crippen LogP contribution in [0.5, 0.6) is 5.75 Å². The highest BCUT2D eigenvalue weighted by atomic mass is 16.5. The highest BCUT2D eigenvalue weighted by Gasteiger charge is 2.06. The van der Waals surface area contributed by atoms with Crippen LogP contribution in [0.4, 0.5) is 5.69 Å². The van der Waals surface area contributed by atoms with Gasteiger partial charge in [0.1, 0.15) is 12.0 Å². The standard InChI is InChI=1S/C17H15NO4/c1-12(20)14-3-2-4-15(9-14)18-17(21)11-22-16-7-5-13(10-19)6-8-16/h2-10H,11H2,1H3,(H,18,21). The normalized spacial score (nSPS) is 9.86. The van der Waals surface area contributed by atoms with E-state index in [1.165, 1.54) is 6.92 Å². The minimum atomic E-state index is -0.333. The molecular formula is C17H15NO4. The summed E-state index contributed by atoms with van der Waals surface area (Å²) in [6, 6.07) is 13.1. The van der Waals surface area contributed by atoms with E-state index in [9.17, 15) is 14.4 Å². The lowest BCUT2D eigenvalue weighted by Gasteiger charge is -2.08. The summed E-state index contributed by atoms with van der Waals surface area (Å²) in [6.07, 6.45) is 0.735. The second-order valence-corrected chi connectivity index (χ2v) is 4.66. The van der Waals surface area contributed by atoms with Crippen molar-refractivity contribution >= 4 is 23.7 Å². The van der Waals surface area contributed by atoms with Crippen LogP contribution in [0.1, 0.15) is 27.6 Å². The average molecular weight is 297 g/mol. The van der Waals surface area contributed by atoms with E-state index in [2.05, 4.69) is 5.32 Å². The summed E-state index contributed by atoms with van der Waals surface area (Å²) >= 11 is 0. The molecule has 0 aliphatic heterocycles. The molecule has 1 N–H and O–H groups in total. The fourth-order valence-corrected chi connectivity index (χ4v) is 1.80. The maximum absolute atomic E-state index is 11.8. The maximum atomic E-state index is 11.8. The molecule has 2 aromatic carbocycles. The van der Waals surface area contributed by atoms with Crippen LogP contribution in [-0.2, 0) is 4.79 Å². The number of amides is 1. The van der Waals surface area contributed by atoms with Gasteiger partial charge in [0.2, 0.25) is 0 Å². The van der Waals surface area contributed by atoms with E-state index in [0.29, 0.717) is 22.6 Å². The monoisotopic (exact) mass is 297 g/mol. The fraction of sp³-hybridized carbons (Fsp3) is 0.118. The van der Waals surface area contributed by atoms with Crippen LogP contribution in [0, 0.1) is 0 Å². The largest absolute Gasteiger partial charge is 0.484 e. The number of benzene rings is 2. The summed E-state index contributed by atoms with van der Waals surface area (Å²) in [4.78, 5) is 33.6. The second-order valence-electron chi connectivity index (χ2n) is 4.66. The molecular weight excluding hydrogens is 282 g/mol. The number of hydrogen-bond acceptors (Lipinski definition) is 4. The third-order valence-corrected chi connectivity index (χ3v) is 2.94. The van der Waals surface area contributed by atoms with Gasteiger partial charge in [-0.15, -0.1) is 0 Å². The molecule has 0 spiro atoms. The van der Waals surface area contributed by atoms with Crippen LogP contribution in [0.3, 0.4) is 0 Å². The van der Waals surface area contributed by atoms with Crippen molar-refractivity contribution in [1.82, 2.24) is 0 Å². The van der Waals surface area contributed by atoms with Crippen molar-refractivity contribution in [3.05, 3.63) is 59.7 Å². The Balaban J connectivity index is 1.91. The Morgan fingerprint density at radius 1 is 1.14 bits per heavy atom. The summed E-state index contributed by atoms with van der Waals surface area (Å²) in [5, 5.41) is 2.66. The van der Waals surface area contributed by atoms with Gasteiger partial charge in [-0.3, -0.25) is 14.4 Å². The van der Waals surface area contributed by atoms with Gasteiger partial charge in [-0.25, -0.2) is 0 Å². The minimum absolute atomic E-state index is 0.0670. The van der Waals surface area contributed by atoms with Crippen LogP contribution in [0.2, 0.25) is 0 Å². The van der Waals surface area contributed by atoms with Gasteiger partial charge >= 0.3 is 0 Å². The number of carbonyl (C=O) groups is 3. The smallest absolute Gasteiger partial charge is 0.262 e. The summed E-state index contributed by atoms with van der Waals surface area (Å²) < 4.78 is 5.32. The molecule has 2 rings (SSSR count). The number of ether oxygens (including phenoxy) is 1. The number of aldehydes is 1. The number of carbonyl (C=O) groups excluding carboxylic acids is 3. The van der Waals surface area contributed by atoms with E-state index >= 15 is 0 Å². The number of hydrogen-bond donors (Lipinski definition) is 1. The van der Waals surface area contributed by atoms with Gasteiger partial charge in [0, 0.05) is 16.8 Å². The third kappa shape index (κ3) is 4.28. The van der Waals surface area contributed by atoms with Crippen molar-refractivity contribution in [2.24, 2.45) is 0 Å². The SMILES string of the molecule is CC(=O)c1cccc(NC(=O)COc2ccc(C=O)cc2)c1. The first-order chi connectivity index (χ1) is 10.6. The highest BCUT2D eigenvalue weighted by Crippen LogP contribution is 2.13. The van der Waals surface area contributed by atoms with Gasteiger partial charge in [-0.1, -0.05) is 12.1 Å². The fourth-order valence-electron chi connectivity index (χ4n) is 1.80. The maximum Gasteiger partial charge on any atom is 0.262 e. The van der Waals surface area contributed by atoms with E-state index < -0.39 is 0 Å². The molecule has 112 valence electrons. The number of rotatable bonds is 6. The number of anilines is 1. The van der Waals surface area contributed by atoms with Gasteiger partial charge in [0.15, 0.2) is 12.4 Å². The van der Waals surface area contributed by atoms with Crippen molar-refractivity contribution in [1.29, 1.82) is 0 Å². The molecule has 0 aliphatic rings. The topological polar surface area (TPSA) is 72.5 Å². The summed E-state index contributed by atoms with van der Waals surface area (Å²) in [6.45, 7) is 1.30. The molecule has 22 heavy (non-hydrogen) atoms. The molecule has 0 saturated carbocycles. The Hall–Kier alpha value is -2.95. The lowest BCUT2D eigenvalue weighted by atomic mass is 10.1. The zero-order chi connectivity index (χ0) is 15.9. The Bertz CT molecular complexity index is 692. The van der Waals surface area contributed by atoms with E-state index in [1.54, 1.807) is 48.5 Å². The van der Waals surface area contributed by atoms with E-state index in [1.807, 2.05) is 0 Å². The molecule has 0 saturated heterocycles. The molecule has 0 aromatic heterocycles. The van der Waals surface area contributed by atoms with Gasteiger partial charge in [-0.2, -0.15) is 0 Å². The summed E-state index contributed by atoms with van der Waals surface area (Å²) in [5.41, 5.74) is 1.61. The Kier molecular flexibility index (Phi) is 5.03. The number of nitrogens with one attached hydrogen (secondary N) is 1. The van der Waals surface area contributed by atoms with Crippen molar-refractivity contribution < 1.29 is 19.1 Å². The van der Waals surface area contributed by atoms with Gasteiger partial charge in [0.05, 0.1) is 0 Å². The number of Topliss-reactive ketones (excluding diaryl/α,β-unsaturated/α-hetero) is 1. The van der Waals surface area contributed by atoms with Crippen molar-refractivity contribution in [3.8, 4) is 5.75 Å².